The van der Waals surface area contributed by atoms with Crippen LogP contribution in [0.25, 0.3) is 0 Å². The van der Waals surface area contributed by atoms with Gasteiger partial charge in [0.25, 0.3) is 0 Å². The summed E-state index contributed by atoms with van der Waals surface area (Å²) in [6.45, 7) is 2.41. The maximum atomic E-state index is 13.1. The van der Waals surface area contributed by atoms with Crippen molar-refractivity contribution in [2.75, 3.05) is 18.5 Å². The molecule has 1 N–H and O–H groups in total. The molecule has 5 nitrogen and oxygen atoms in total. The van der Waals surface area contributed by atoms with Gasteiger partial charge in [0.2, 0.25) is 5.95 Å². The van der Waals surface area contributed by atoms with Crippen LogP contribution in [0.1, 0.15) is 18.4 Å². The first-order valence-corrected chi connectivity index (χ1v) is 5.85. The van der Waals surface area contributed by atoms with Gasteiger partial charge in [0, 0.05) is 19.2 Å². The number of amides is 1. The Bertz CT molecular complexity index is 467. The van der Waals surface area contributed by atoms with Gasteiger partial charge in [-0.2, -0.15) is 4.39 Å². The Balaban J connectivity index is 2.25. The van der Waals surface area contributed by atoms with E-state index in [9.17, 15) is 9.18 Å². The van der Waals surface area contributed by atoms with Crippen LogP contribution in [0.2, 0.25) is 0 Å². The number of carbonyl (C=O) groups is 1. The molecule has 1 aliphatic heterocycles. The Morgan fingerprint density at radius 1 is 1.67 bits per heavy atom. The van der Waals surface area contributed by atoms with Crippen LogP contribution in [0.3, 0.4) is 0 Å². The molecule has 1 aromatic rings. The molecule has 1 atom stereocenters. The molecular weight excluding hydrogens is 237 g/mol. The topological polar surface area (TPSA) is 56.7 Å². The fourth-order valence-corrected chi connectivity index (χ4v) is 2.28. The molecule has 0 radical (unpaired) electrons. The van der Waals surface area contributed by atoms with Gasteiger partial charge in [-0.05, 0) is 25.8 Å². The van der Waals surface area contributed by atoms with E-state index in [-0.39, 0.29) is 6.17 Å². The van der Waals surface area contributed by atoms with Gasteiger partial charge in [0.1, 0.15) is 6.17 Å². The number of aromatic nitrogens is 1. The van der Waals surface area contributed by atoms with Gasteiger partial charge in [0.15, 0.2) is 0 Å². The van der Waals surface area contributed by atoms with Crippen molar-refractivity contribution in [1.29, 1.82) is 0 Å². The molecule has 0 bridgehead atoms. The summed E-state index contributed by atoms with van der Waals surface area (Å²) >= 11 is 0. The second-order valence-electron chi connectivity index (χ2n) is 4.51. The molecule has 1 saturated heterocycles. The second kappa shape index (κ2) is 4.80. The molecule has 1 aromatic heterocycles. The lowest BCUT2D eigenvalue weighted by molar-refractivity contribution is 0.140. The molecule has 0 spiro atoms. The van der Waals surface area contributed by atoms with E-state index in [2.05, 4.69) is 4.98 Å². The van der Waals surface area contributed by atoms with Crippen molar-refractivity contribution in [3.63, 3.8) is 0 Å². The first-order chi connectivity index (χ1) is 8.50. The maximum Gasteiger partial charge on any atom is 0.408 e. The van der Waals surface area contributed by atoms with E-state index in [4.69, 9.17) is 5.11 Å². The maximum absolute atomic E-state index is 13.1. The summed E-state index contributed by atoms with van der Waals surface area (Å²) < 4.78 is 13.1. The van der Waals surface area contributed by atoms with E-state index >= 15 is 0 Å². The highest BCUT2D eigenvalue weighted by atomic mass is 19.1. The molecule has 0 saturated carbocycles. The van der Waals surface area contributed by atoms with Crippen LogP contribution < -0.4 is 4.90 Å². The Hall–Kier alpha value is -1.85. The minimum absolute atomic E-state index is 0.200. The van der Waals surface area contributed by atoms with Crippen molar-refractivity contribution < 1.29 is 14.3 Å². The zero-order chi connectivity index (χ0) is 13.3. The first kappa shape index (κ1) is 12.6. The summed E-state index contributed by atoms with van der Waals surface area (Å²) in [5.41, 5.74) is 1.24. The number of aryl methyl sites for hydroxylation is 1. The smallest absolute Gasteiger partial charge is 0.408 e. The number of halogens is 1. The largest absolute Gasteiger partial charge is 0.465 e. The van der Waals surface area contributed by atoms with Crippen LogP contribution in [-0.2, 0) is 0 Å². The molecule has 2 heterocycles. The highest BCUT2D eigenvalue weighted by molar-refractivity contribution is 5.66. The summed E-state index contributed by atoms with van der Waals surface area (Å²) in [5.74, 6) is -0.485. The zero-order valence-corrected chi connectivity index (χ0v) is 10.4. The average Bonchev–Trinajstić information content (AvgIpc) is 2.80. The number of carboxylic acid groups (broad SMARTS) is 1. The van der Waals surface area contributed by atoms with Crippen LogP contribution in [0.15, 0.2) is 12.3 Å². The minimum atomic E-state index is -0.960. The highest BCUT2D eigenvalue weighted by Gasteiger charge is 2.31. The van der Waals surface area contributed by atoms with Crippen molar-refractivity contribution in [1.82, 2.24) is 9.88 Å². The number of anilines is 1. The molecule has 1 amide bonds. The summed E-state index contributed by atoms with van der Waals surface area (Å²) in [6, 6.07) is 1.70. The Kier molecular flexibility index (Phi) is 3.36. The van der Waals surface area contributed by atoms with Crippen LogP contribution in [0.5, 0.6) is 0 Å². The molecule has 0 aliphatic carbocycles. The number of pyridine rings is 1. The van der Waals surface area contributed by atoms with Crippen LogP contribution in [0, 0.1) is 12.9 Å². The summed E-state index contributed by atoms with van der Waals surface area (Å²) in [7, 11) is 1.55. The lowest BCUT2D eigenvalue weighted by Crippen LogP contribution is -2.45. The minimum Gasteiger partial charge on any atom is -0.465 e. The van der Waals surface area contributed by atoms with Gasteiger partial charge in [-0.25, -0.2) is 9.78 Å². The van der Waals surface area contributed by atoms with Gasteiger partial charge >= 0.3 is 6.09 Å². The van der Waals surface area contributed by atoms with Crippen molar-refractivity contribution in [3.8, 4) is 0 Å². The van der Waals surface area contributed by atoms with Crippen LogP contribution in [0.4, 0.5) is 14.9 Å². The third-order valence-corrected chi connectivity index (χ3v) is 3.30. The van der Waals surface area contributed by atoms with Crippen molar-refractivity contribution in [3.05, 3.63) is 23.8 Å². The second-order valence-corrected chi connectivity index (χ2v) is 4.51. The lowest BCUT2D eigenvalue weighted by atomic mass is 10.2. The van der Waals surface area contributed by atoms with E-state index in [1.165, 1.54) is 11.1 Å². The molecule has 0 aromatic carbocycles. The van der Waals surface area contributed by atoms with E-state index < -0.39 is 12.0 Å². The number of rotatable bonds is 2. The molecule has 98 valence electrons. The fourth-order valence-electron chi connectivity index (χ4n) is 2.28. The standard InChI is InChI=1S/C12H16FN3O2/c1-8-6-9(7-14-11(8)13)16-5-3-4-10(16)15(2)12(17)18/h6-7,10H,3-5H2,1-2H3,(H,17,18). The van der Waals surface area contributed by atoms with E-state index in [0.717, 1.165) is 25.1 Å². The molecule has 18 heavy (non-hydrogen) atoms. The zero-order valence-electron chi connectivity index (χ0n) is 10.4. The Labute approximate surface area is 105 Å². The SMILES string of the molecule is Cc1cc(N2CCCC2N(C)C(=O)O)cnc1F. The quantitative estimate of drug-likeness (QED) is 0.820. The van der Waals surface area contributed by atoms with Crippen LogP contribution >= 0.6 is 0 Å². The predicted molar refractivity (Wildman–Crippen MR) is 65.1 cm³/mol. The normalized spacial score (nSPS) is 19.1. The highest BCUT2D eigenvalue weighted by Crippen LogP contribution is 2.27. The summed E-state index contributed by atoms with van der Waals surface area (Å²) in [5, 5.41) is 9.03. The van der Waals surface area contributed by atoms with Crippen LogP contribution in [-0.4, -0.2) is 40.8 Å². The average molecular weight is 253 g/mol. The van der Waals surface area contributed by atoms with E-state index in [0.29, 0.717) is 5.56 Å². The molecule has 6 heteroatoms. The fraction of sp³-hybridized carbons (Fsp3) is 0.500. The predicted octanol–water partition coefficient (Wildman–Crippen LogP) is 2.07. The summed E-state index contributed by atoms with van der Waals surface area (Å²) in [6.07, 6.45) is 1.99. The van der Waals surface area contributed by atoms with Gasteiger partial charge in [-0.1, -0.05) is 0 Å². The molecular formula is C12H16FN3O2. The van der Waals surface area contributed by atoms with E-state index in [1.54, 1.807) is 20.0 Å². The third-order valence-electron chi connectivity index (χ3n) is 3.30. The third kappa shape index (κ3) is 2.23. The first-order valence-electron chi connectivity index (χ1n) is 5.85. The molecule has 1 aliphatic rings. The summed E-state index contributed by atoms with van der Waals surface area (Å²) in [4.78, 5) is 17.9. The van der Waals surface area contributed by atoms with Crippen molar-refractivity contribution in [2.45, 2.75) is 25.9 Å². The Morgan fingerprint density at radius 2 is 2.39 bits per heavy atom. The van der Waals surface area contributed by atoms with Gasteiger partial charge in [0.05, 0.1) is 11.9 Å². The lowest BCUT2D eigenvalue weighted by Gasteiger charge is -2.32. The van der Waals surface area contributed by atoms with E-state index in [1.807, 2.05) is 4.90 Å². The monoisotopic (exact) mass is 253 g/mol. The Morgan fingerprint density at radius 3 is 3.00 bits per heavy atom. The van der Waals surface area contributed by atoms with Gasteiger partial charge in [-0.3, -0.25) is 4.90 Å². The van der Waals surface area contributed by atoms with Gasteiger partial charge < -0.3 is 10.0 Å². The van der Waals surface area contributed by atoms with Crippen molar-refractivity contribution >= 4 is 11.8 Å². The van der Waals surface area contributed by atoms with Gasteiger partial charge in [-0.15, -0.1) is 0 Å². The number of hydrogen-bond donors (Lipinski definition) is 1. The number of hydrogen-bond acceptors (Lipinski definition) is 3. The molecule has 1 fully saturated rings. The van der Waals surface area contributed by atoms with Crippen molar-refractivity contribution in [2.24, 2.45) is 0 Å². The molecule has 2 rings (SSSR count). The number of nitrogens with zero attached hydrogens (tertiary/aromatic N) is 3. The molecule has 1 unspecified atom stereocenters.